The van der Waals surface area contributed by atoms with Crippen LogP contribution in [0.1, 0.15) is 26.7 Å². The van der Waals surface area contributed by atoms with Gasteiger partial charge < -0.3 is 9.64 Å². The van der Waals surface area contributed by atoms with Gasteiger partial charge in [0, 0.05) is 31.5 Å². The molecule has 1 unspecified atom stereocenters. The highest BCUT2D eigenvalue weighted by Crippen LogP contribution is 2.22. The van der Waals surface area contributed by atoms with E-state index in [-0.39, 0.29) is 5.60 Å². The fraction of sp³-hybridized carbons (Fsp3) is 1.00. The molecule has 17 heavy (non-hydrogen) atoms. The Hall–Kier alpha value is 0.360. The smallest absolute Gasteiger partial charge is 0.0806 e. The van der Waals surface area contributed by atoms with Crippen LogP contribution < -0.4 is 0 Å². The van der Waals surface area contributed by atoms with Crippen molar-refractivity contribution in [3.05, 3.63) is 0 Å². The van der Waals surface area contributed by atoms with Gasteiger partial charge >= 0.3 is 0 Å². The number of rotatable bonds is 4. The summed E-state index contributed by atoms with van der Waals surface area (Å²) in [5.74, 6) is 0. The van der Waals surface area contributed by atoms with Gasteiger partial charge in [-0.1, -0.05) is 15.9 Å². The number of hydrogen-bond donors (Lipinski definition) is 0. The van der Waals surface area contributed by atoms with Gasteiger partial charge in [0.1, 0.15) is 0 Å². The molecule has 0 radical (unpaired) electrons. The SMILES string of the molecule is CC1(C)CN(CCN2CCCC2)CC(CBr)O1. The lowest BCUT2D eigenvalue weighted by Crippen LogP contribution is -2.54. The van der Waals surface area contributed by atoms with E-state index >= 15 is 0 Å². The first kappa shape index (κ1) is 13.8. The summed E-state index contributed by atoms with van der Waals surface area (Å²) in [5, 5.41) is 0.941. The lowest BCUT2D eigenvalue weighted by Gasteiger charge is -2.42. The normalized spacial score (nSPS) is 30.9. The maximum atomic E-state index is 6.02. The molecule has 0 aromatic rings. The van der Waals surface area contributed by atoms with E-state index in [1.165, 1.54) is 39.0 Å². The van der Waals surface area contributed by atoms with Crippen molar-refractivity contribution in [1.29, 1.82) is 0 Å². The Labute approximate surface area is 114 Å². The summed E-state index contributed by atoms with van der Waals surface area (Å²) >= 11 is 3.55. The first-order valence-electron chi connectivity index (χ1n) is 6.77. The van der Waals surface area contributed by atoms with Crippen LogP contribution in [0.2, 0.25) is 0 Å². The van der Waals surface area contributed by atoms with E-state index in [2.05, 4.69) is 39.6 Å². The zero-order valence-corrected chi connectivity index (χ0v) is 12.7. The molecule has 2 saturated heterocycles. The van der Waals surface area contributed by atoms with Crippen molar-refractivity contribution in [1.82, 2.24) is 9.80 Å². The number of ether oxygens (including phenoxy) is 1. The number of halogens is 1. The van der Waals surface area contributed by atoms with Crippen LogP contribution in [-0.4, -0.2) is 66.1 Å². The number of likely N-dealkylation sites (tertiary alicyclic amines) is 1. The third-order valence-electron chi connectivity index (χ3n) is 3.66. The molecule has 0 aliphatic carbocycles. The van der Waals surface area contributed by atoms with E-state index < -0.39 is 0 Å². The zero-order valence-electron chi connectivity index (χ0n) is 11.1. The van der Waals surface area contributed by atoms with Crippen LogP contribution in [0.3, 0.4) is 0 Å². The van der Waals surface area contributed by atoms with Gasteiger partial charge in [-0.05, 0) is 39.8 Å². The van der Waals surface area contributed by atoms with E-state index in [9.17, 15) is 0 Å². The van der Waals surface area contributed by atoms with E-state index in [4.69, 9.17) is 4.74 Å². The number of nitrogens with zero attached hydrogens (tertiary/aromatic N) is 2. The van der Waals surface area contributed by atoms with Crippen molar-refractivity contribution < 1.29 is 4.74 Å². The summed E-state index contributed by atoms with van der Waals surface area (Å²) in [6.45, 7) is 11.6. The summed E-state index contributed by atoms with van der Waals surface area (Å²) in [7, 11) is 0. The van der Waals surface area contributed by atoms with Gasteiger partial charge in [-0.25, -0.2) is 0 Å². The number of hydrogen-bond acceptors (Lipinski definition) is 3. The van der Waals surface area contributed by atoms with Crippen LogP contribution in [0.25, 0.3) is 0 Å². The topological polar surface area (TPSA) is 15.7 Å². The fourth-order valence-corrected chi connectivity index (χ4v) is 3.29. The Morgan fingerprint density at radius 1 is 1.18 bits per heavy atom. The van der Waals surface area contributed by atoms with Gasteiger partial charge in [0.2, 0.25) is 0 Å². The predicted octanol–water partition coefficient (Wildman–Crippen LogP) is 1.96. The van der Waals surface area contributed by atoms with Crippen LogP contribution >= 0.6 is 15.9 Å². The predicted molar refractivity (Wildman–Crippen MR) is 74.9 cm³/mol. The monoisotopic (exact) mass is 304 g/mol. The molecule has 0 aromatic heterocycles. The molecule has 0 bridgehead atoms. The first-order valence-corrected chi connectivity index (χ1v) is 7.90. The molecule has 4 heteroatoms. The summed E-state index contributed by atoms with van der Waals surface area (Å²) in [5.41, 5.74) is 0.00168. The fourth-order valence-electron chi connectivity index (χ4n) is 2.96. The second kappa shape index (κ2) is 6.00. The third-order valence-corrected chi connectivity index (χ3v) is 4.38. The summed E-state index contributed by atoms with van der Waals surface area (Å²) < 4.78 is 6.02. The Balaban J connectivity index is 1.78. The Bertz CT molecular complexity index is 242. The molecule has 0 spiro atoms. The second-order valence-electron chi connectivity index (χ2n) is 5.94. The molecule has 0 amide bonds. The zero-order chi connectivity index (χ0) is 12.3. The average molecular weight is 305 g/mol. The van der Waals surface area contributed by atoms with Gasteiger partial charge in [0.05, 0.1) is 11.7 Å². The minimum atomic E-state index is 0.00168. The highest BCUT2D eigenvalue weighted by Gasteiger charge is 2.32. The molecule has 0 saturated carbocycles. The Morgan fingerprint density at radius 3 is 2.47 bits per heavy atom. The van der Waals surface area contributed by atoms with Gasteiger partial charge in [0.25, 0.3) is 0 Å². The minimum Gasteiger partial charge on any atom is -0.369 e. The molecule has 2 rings (SSSR count). The average Bonchev–Trinajstić information content (AvgIpc) is 2.77. The summed E-state index contributed by atoms with van der Waals surface area (Å²) in [6.07, 6.45) is 3.12. The molecular formula is C13H25BrN2O. The molecule has 2 aliphatic rings. The highest BCUT2D eigenvalue weighted by molar-refractivity contribution is 9.09. The van der Waals surface area contributed by atoms with Crippen LogP contribution in [0, 0.1) is 0 Å². The Kier molecular flexibility index (Phi) is 4.87. The molecule has 0 aromatic carbocycles. The molecular weight excluding hydrogens is 280 g/mol. The summed E-state index contributed by atoms with van der Waals surface area (Å²) in [4.78, 5) is 5.15. The van der Waals surface area contributed by atoms with Gasteiger partial charge in [-0.15, -0.1) is 0 Å². The van der Waals surface area contributed by atoms with Crippen LogP contribution in [-0.2, 0) is 4.74 Å². The molecule has 2 aliphatic heterocycles. The third kappa shape index (κ3) is 4.19. The standard InChI is InChI=1S/C13H25BrN2O/c1-13(2)11-16(10-12(9-14)17-13)8-7-15-5-3-4-6-15/h12H,3-11H2,1-2H3. The maximum Gasteiger partial charge on any atom is 0.0806 e. The van der Waals surface area contributed by atoms with Crippen molar-refractivity contribution in [3.8, 4) is 0 Å². The van der Waals surface area contributed by atoms with E-state index in [1.807, 2.05) is 0 Å². The van der Waals surface area contributed by atoms with Crippen molar-refractivity contribution in [2.75, 3.05) is 44.6 Å². The molecule has 3 nitrogen and oxygen atoms in total. The van der Waals surface area contributed by atoms with E-state index in [0.29, 0.717) is 6.10 Å². The minimum absolute atomic E-state index is 0.00168. The molecule has 2 heterocycles. The lowest BCUT2D eigenvalue weighted by molar-refractivity contribution is -0.127. The van der Waals surface area contributed by atoms with Crippen molar-refractivity contribution in [3.63, 3.8) is 0 Å². The quantitative estimate of drug-likeness (QED) is 0.739. The largest absolute Gasteiger partial charge is 0.369 e. The van der Waals surface area contributed by atoms with E-state index in [0.717, 1.165) is 18.4 Å². The van der Waals surface area contributed by atoms with Crippen LogP contribution in [0.15, 0.2) is 0 Å². The maximum absolute atomic E-state index is 6.02. The van der Waals surface area contributed by atoms with Crippen LogP contribution in [0.4, 0.5) is 0 Å². The van der Waals surface area contributed by atoms with Crippen LogP contribution in [0.5, 0.6) is 0 Å². The molecule has 0 N–H and O–H groups in total. The molecule has 2 fully saturated rings. The number of morpholine rings is 1. The molecule has 100 valence electrons. The first-order chi connectivity index (χ1) is 8.09. The number of alkyl halides is 1. The lowest BCUT2D eigenvalue weighted by atomic mass is 10.1. The van der Waals surface area contributed by atoms with Crippen molar-refractivity contribution >= 4 is 15.9 Å². The van der Waals surface area contributed by atoms with E-state index in [1.54, 1.807) is 0 Å². The van der Waals surface area contributed by atoms with Gasteiger partial charge in [0.15, 0.2) is 0 Å². The van der Waals surface area contributed by atoms with Crippen molar-refractivity contribution in [2.24, 2.45) is 0 Å². The van der Waals surface area contributed by atoms with Crippen molar-refractivity contribution in [2.45, 2.75) is 38.4 Å². The highest BCUT2D eigenvalue weighted by atomic mass is 79.9. The Morgan fingerprint density at radius 2 is 1.82 bits per heavy atom. The summed E-state index contributed by atoms with van der Waals surface area (Å²) in [6, 6.07) is 0. The molecule has 1 atom stereocenters. The second-order valence-corrected chi connectivity index (χ2v) is 6.59. The van der Waals surface area contributed by atoms with Gasteiger partial charge in [-0.2, -0.15) is 0 Å². The van der Waals surface area contributed by atoms with Gasteiger partial charge in [-0.3, -0.25) is 4.90 Å².